The summed E-state index contributed by atoms with van der Waals surface area (Å²) in [7, 11) is 0. The van der Waals surface area contributed by atoms with Gasteiger partial charge in [-0.15, -0.1) is 0 Å². The van der Waals surface area contributed by atoms with Crippen molar-refractivity contribution in [2.24, 2.45) is 5.92 Å². The SMILES string of the molecule is O=C(NC1CCN(c2ccc(F)cc2)CC1)C1CCC(=O)N(C2CC2)C1. The molecule has 0 aromatic heterocycles. The first kappa shape index (κ1) is 17.3. The van der Waals surface area contributed by atoms with E-state index in [-0.39, 0.29) is 29.6 Å². The van der Waals surface area contributed by atoms with Crippen LogP contribution in [0, 0.1) is 11.7 Å². The third kappa shape index (κ3) is 3.84. The lowest BCUT2D eigenvalue weighted by Gasteiger charge is -2.36. The Labute approximate surface area is 153 Å². The summed E-state index contributed by atoms with van der Waals surface area (Å²) in [5, 5.41) is 3.20. The molecule has 0 bridgehead atoms. The Bertz CT molecular complexity index is 666. The highest BCUT2D eigenvalue weighted by Crippen LogP contribution is 2.32. The summed E-state index contributed by atoms with van der Waals surface area (Å²) in [6.07, 6.45) is 5.12. The molecular weight excluding hydrogens is 333 g/mol. The van der Waals surface area contributed by atoms with Gasteiger partial charge >= 0.3 is 0 Å². The van der Waals surface area contributed by atoms with Crippen molar-refractivity contribution in [3.8, 4) is 0 Å². The van der Waals surface area contributed by atoms with E-state index in [1.165, 1.54) is 12.1 Å². The van der Waals surface area contributed by atoms with Crippen LogP contribution in [0.4, 0.5) is 10.1 Å². The van der Waals surface area contributed by atoms with Crippen molar-refractivity contribution >= 4 is 17.5 Å². The van der Waals surface area contributed by atoms with Crippen molar-refractivity contribution in [3.05, 3.63) is 30.1 Å². The maximum absolute atomic E-state index is 13.1. The van der Waals surface area contributed by atoms with Gasteiger partial charge in [0.1, 0.15) is 5.82 Å². The summed E-state index contributed by atoms with van der Waals surface area (Å²) in [6, 6.07) is 7.15. The minimum atomic E-state index is -0.220. The number of hydrogen-bond donors (Lipinski definition) is 1. The molecule has 1 aromatic rings. The maximum Gasteiger partial charge on any atom is 0.225 e. The molecule has 2 saturated heterocycles. The van der Waals surface area contributed by atoms with Crippen LogP contribution in [-0.4, -0.2) is 48.4 Å². The van der Waals surface area contributed by atoms with Gasteiger partial charge in [0.25, 0.3) is 0 Å². The molecule has 26 heavy (non-hydrogen) atoms. The number of carbonyl (C=O) groups excluding carboxylic acids is 2. The summed E-state index contributed by atoms with van der Waals surface area (Å²) in [5.74, 6) is 0.0260. The lowest BCUT2D eigenvalue weighted by atomic mass is 9.95. The van der Waals surface area contributed by atoms with Crippen LogP contribution in [0.15, 0.2) is 24.3 Å². The summed E-state index contributed by atoms with van der Waals surface area (Å²) in [5.41, 5.74) is 1.03. The Morgan fingerprint density at radius 2 is 1.73 bits per heavy atom. The zero-order chi connectivity index (χ0) is 18.1. The van der Waals surface area contributed by atoms with Crippen LogP contribution < -0.4 is 10.2 Å². The van der Waals surface area contributed by atoms with E-state index >= 15 is 0 Å². The Morgan fingerprint density at radius 3 is 2.38 bits per heavy atom. The van der Waals surface area contributed by atoms with E-state index in [1.807, 2.05) is 4.90 Å². The maximum atomic E-state index is 13.1. The van der Waals surface area contributed by atoms with Crippen molar-refractivity contribution in [1.29, 1.82) is 0 Å². The first-order chi connectivity index (χ1) is 12.6. The number of amides is 2. The fourth-order valence-electron chi connectivity index (χ4n) is 4.08. The molecule has 2 aliphatic heterocycles. The van der Waals surface area contributed by atoms with E-state index in [0.29, 0.717) is 25.4 Å². The number of nitrogens with one attached hydrogen (secondary N) is 1. The highest BCUT2D eigenvalue weighted by Gasteiger charge is 2.39. The number of carbonyl (C=O) groups is 2. The fourth-order valence-corrected chi connectivity index (χ4v) is 4.08. The molecule has 1 saturated carbocycles. The fraction of sp³-hybridized carbons (Fsp3) is 0.600. The molecule has 5 nitrogen and oxygen atoms in total. The number of anilines is 1. The highest BCUT2D eigenvalue weighted by molar-refractivity contribution is 5.84. The summed E-state index contributed by atoms with van der Waals surface area (Å²) < 4.78 is 13.1. The van der Waals surface area contributed by atoms with Gasteiger partial charge in [0.05, 0.1) is 5.92 Å². The van der Waals surface area contributed by atoms with Gasteiger partial charge in [-0.3, -0.25) is 9.59 Å². The molecule has 3 fully saturated rings. The van der Waals surface area contributed by atoms with Gasteiger partial charge in [0.2, 0.25) is 11.8 Å². The predicted octanol–water partition coefficient (Wildman–Crippen LogP) is 2.31. The molecule has 1 aliphatic carbocycles. The molecule has 1 unspecified atom stereocenters. The zero-order valence-corrected chi connectivity index (χ0v) is 15.0. The Morgan fingerprint density at radius 1 is 1.04 bits per heavy atom. The van der Waals surface area contributed by atoms with Gasteiger partial charge in [-0.2, -0.15) is 0 Å². The Hall–Kier alpha value is -2.11. The van der Waals surface area contributed by atoms with Crippen LogP contribution in [0.3, 0.4) is 0 Å². The number of benzene rings is 1. The number of nitrogens with zero attached hydrogens (tertiary/aromatic N) is 2. The largest absolute Gasteiger partial charge is 0.371 e. The Kier molecular flexibility index (Phi) is 4.83. The number of rotatable bonds is 4. The molecule has 0 spiro atoms. The first-order valence-electron chi connectivity index (χ1n) is 9.70. The van der Waals surface area contributed by atoms with Gasteiger partial charge in [0.15, 0.2) is 0 Å². The third-order valence-corrected chi connectivity index (χ3v) is 5.84. The van der Waals surface area contributed by atoms with Crippen molar-refractivity contribution in [1.82, 2.24) is 10.2 Å². The van der Waals surface area contributed by atoms with Gasteiger partial charge < -0.3 is 15.1 Å². The second kappa shape index (κ2) is 7.25. The molecule has 3 aliphatic rings. The van der Waals surface area contributed by atoms with Crippen LogP contribution in [0.25, 0.3) is 0 Å². The highest BCUT2D eigenvalue weighted by atomic mass is 19.1. The van der Waals surface area contributed by atoms with Crippen molar-refractivity contribution in [2.75, 3.05) is 24.5 Å². The second-order valence-corrected chi connectivity index (χ2v) is 7.76. The first-order valence-corrected chi connectivity index (χ1v) is 9.70. The Balaban J connectivity index is 1.26. The minimum Gasteiger partial charge on any atom is -0.371 e. The predicted molar refractivity (Wildman–Crippen MR) is 97.2 cm³/mol. The normalized spacial score (nSPS) is 24.7. The second-order valence-electron chi connectivity index (χ2n) is 7.76. The van der Waals surface area contributed by atoms with E-state index in [0.717, 1.165) is 44.5 Å². The quantitative estimate of drug-likeness (QED) is 0.898. The summed E-state index contributed by atoms with van der Waals surface area (Å²) in [6.45, 7) is 2.30. The molecule has 2 heterocycles. The molecule has 140 valence electrons. The molecule has 1 N–H and O–H groups in total. The van der Waals surface area contributed by atoms with Crippen LogP contribution in [-0.2, 0) is 9.59 Å². The summed E-state index contributed by atoms with van der Waals surface area (Å²) >= 11 is 0. The molecule has 1 atom stereocenters. The average molecular weight is 359 g/mol. The number of piperidine rings is 2. The molecular formula is C20H26FN3O2. The molecule has 4 rings (SSSR count). The molecule has 6 heteroatoms. The van der Waals surface area contributed by atoms with Crippen LogP contribution in [0.2, 0.25) is 0 Å². The van der Waals surface area contributed by atoms with E-state index in [4.69, 9.17) is 0 Å². The van der Waals surface area contributed by atoms with Gasteiger partial charge in [0, 0.05) is 43.8 Å². The van der Waals surface area contributed by atoms with Crippen molar-refractivity contribution < 1.29 is 14.0 Å². The van der Waals surface area contributed by atoms with Gasteiger partial charge in [-0.05, 0) is 56.4 Å². The van der Waals surface area contributed by atoms with Crippen molar-refractivity contribution in [3.63, 3.8) is 0 Å². The van der Waals surface area contributed by atoms with Gasteiger partial charge in [-0.1, -0.05) is 0 Å². The number of halogens is 1. The molecule has 0 radical (unpaired) electrons. The topological polar surface area (TPSA) is 52.7 Å². The lowest BCUT2D eigenvalue weighted by molar-refractivity contribution is -0.139. The lowest BCUT2D eigenvalue weighted by Crippen LogP contribution is -2.50. The van der Waals surface area contributed by atoms with Crippen LogP contribution in [0.5, 0.6) is 0 Å². The van der Waals surface area contributed by atoms with E-state index in [2.05, 4.69) is 10.2 Å². The van der Waals surface area contributed by atoms with Crippen LogP contribution in [0.1, 0.15) is 38.5 Å². The van der Waals surface area contributed by atoms with Gasteiger partial charge in [-0.25, -0.2) is 4.39 Å². The zero-order valence-electron chi connectivity index (χ0n) is 15.0. The van der Waals surface area contributed by atoms with Crippen molar-refractivity contribution in [2.45, 2.75) is 50.6 Å². The number of hydrogen-bond acceptors (Lipinski definition) is 3. The average Bonchev–Trinajstić information content (AvgIpc) is 3.48. The molecule has 1 aromatic carbocycles. The van der Waals surface area contributed by atoms with E-state index in [9.17, 15) is 14.0 Å². The standard InChI is InChI=1S/C20H26FN3O2/c21-15-2-4-17(5-3-15)23-11-9-16(10-12-23)22-20(26)14-1-8-19(25)24(13-14)18-6-7-18/h2-5,14,16,18H,1,6-13H2,(H,22,26). The van der Waals surface area contributed by atoms with Crippen LogP contribution >= 0.6 is 0 Å². The summed E-state index contributed by atoms with van der Waals surface area (Å²) in [4.78, 5) is 28.8. The number of likely N-dealkylation sites (tertiary alicyclic amines) is 1. The minimum absolute atomic E-state index is 0.0663. The smallest absolute Gasteiger partial charge is 0.225 e. The van der Waals surface area contributed by atoms with E-state index in [1.54, 1.807) is 12.1 Å². The molecule has 2 amide bonds. The third-order valence-electron chi connectivity index (χ3n) is 5.84. The monoisotopic (exact) mass is 359 g/mol. The van der Waals surface area contributed by atoms with E-state index < -0.39 is 0 Å².